The van der Waals surface area contributed by atoms with Crippen LogP contribution in [0.25, 0.3) is 0 Å². The molecule has 3 rings (SSSR count). The maximum Gasteiger partial charge on any atom is 0.317 e. The Morgan fingerprint density at radius 1 is 1.30 bits per heavy atom. The van der Waals surface area contributed by atoms with E-state index in [1.54, 1.807) is 11.3 Å². The molecule has 1 N–H and O–H groups in total. The third-order valence-electron chi connectivity index (χ3n) is 4.27. The Bertz CT molecular complexity index is 492. The van der Waals surface area contributed by atoms with Gasteiger partial charge < -0.3 is 19.7 Å². The van der Waals surface area contributed by atoms with Crippen molar-refractivity contribution in [1.29, 1.82) is 0 Å². The van der Waals surface area contributed by atoms with Crippen molar-refractivity contribution in [2.45, 2.75) is 51.4 Å². The lowest BCUT2D eigenvalue weighted by atomic mass is 10.2. The summed E-state index contributed by atoms with van der Waals surface area (Å²) in [4.78, 5) is 18.8. The van der Waals surface area contributed by atoms with Gasteiger partial charge >= 0.3 is 6.03 Å². The Morgan fingerprint density at radius 2 is 1.96 bits per heavy atom. The molecular formula is C16H25N3O3S. The van der Waals surface area contributed by atoms with Crippen molar-refractivity contribution in [3.8, 4) is 0 Å². The third kappa shape index (κ3) is 4.89. The molecule has 0 bridgehead atoms. The smallest absolute Gasteiger partial charge is 0.317 e. The molecule has 2 fully saturated rings. The number of urea groups is 1. The highest BCUT2D eigenvalue weighted by Gasteiger charge is 2.26. The number of thiazole rings is 1. The van der Waals surface area contributed by atoms with E-state index < -0.39 is 0 Å². The van der Waals surface area contributed by atoms with Crippen molar-refractivity contribution in [3.63, 3.8) is 0 Å². The summed E-state index contributed by atoms with van der Waals surface area (Å²) in [6, 6.07) is -0.0540. The average Bonchev–Trinajstić information content (AvgIpc) is 3.27. The van der Waals surface area contributed by atoms with Crippen molar-refractivity contribution in [2.75, 3.05) is 26.3 Å². The van der Waals surface area contributed by atoms with E-state index in [-0.39, 0.29) is 18.2 Å². The number of nitrogens with one attached hydrogen (secondary N) is 1. The summed E-state index contributed by atoms with van der Waals surface area (Å²) in [5, 5.41) is 5.98. The predicted octanol–water partition coefficient (Wildman–Crippen LogP) is 2.32. The highest BCUT2D eigenvalue weighted by molar-refractivity contribution is 7.09. The normalized spacial score (nSPS) is 24.0. The molecule has 7 heteroatoms. The zero-order valence-electron chi connectivity index (χ0n) is 13.6. The number of aromatic nitrogens is 1. The van der Waals surface area contributed by atoms with Gasteiger partial charge in [0.1, 0.15) is 0 Å². The number of rotatable bonds is 6. The Balaban J connectivity index is 1.54. The van der Waals surface area contributed by atoms with Crippen LogP contribution in [-0.2, 0) is 16.0 Å². The van der Waals surface area contributed by atoms with Crippen molar-refractivity contribution in [1.82, 2.24) is 15.2 Å². The van der Waals surface area contributed by atoms with Gasteiger partial charge in [0.05, 0.1) is 29.5 Å². The van der Waals surface area contributed by atoms with Crippen LogP contribution < -0.4 is 5.32 Å². The van der Waals surface area contributed by atoms with Gasteiger partial charge in [-0.05, 0) is 32.6 Å². The quantitative estimate of drug-likeness (QED) is 0.864. The summed E-state index contributed by atoms with van der Waals surface area (Å²) < 4.78 is 11.4. The van der Waals surface area contributed by atoms with Gasteiger partial charge in [-0.25, -0.2) is 9.78 Å². The molecule has 6 nitrogen and oxygen atoms in total. The molecule has 2 aliphatic heterocycles. The van der Waals surface area contributed by atoms with E-state index in [1.807, 2.05) is 17.2 Å². The Labute approximate surface area is 141 Å². The van der Waals surface area contributed by atoms with Crippen molar-refractivity contribution in [2.24, 2.45) is 0 Å². The SMILES string of the molecule is Cc1nc(CNC(=O)N(C[C@@H]2CCCO2)C[C@@H]2CCCO2)cs1. The predicted molar refractivity (Wildman–Crippen MR) is 88.6 cm³/mol. The summed E-state index contributed by atoms with van der Waals surface area (Å²) in [5.41, 5.74) is 0.912. The zero-order chi connectivity index (χ0) is 16.1. The van der Waals surface area contributed by atoms with Gasteiger partial charge in [-0.15, -0.1) is 11.3 Å². The zero-order valence-corrected chi connectivity index (χ0v) is 14.4. The lowest BCUT2D eigenvalue weighted by Crippen LogP contribution is -2.46. The average molecular weight is 339 g/mol. The molecule has 0 aromatic carbocycles. The molecule has 128 valence electrons. The Hall–Kier alpha value is -1.18. The van der Waals surface area contributed by atoms with E-state index in [2.05, 4.69) is 10.3 Å². The first-order valence-electron chi connectivity index (χ1n) is 8.37. The molecule has 2 amide bonds. The molecular weight excluding hydrogens is 314 g/mol. The molecule has 23 heavy (non-hydrogen) atoms. The van der Waals surface area contributed by atoms with Crippen LogP contribution in [-0.4, -0.2) is 54.4 Å². The van der Waals surface area contributed by atoms with Crippen molar-refractivity contribution < 1.29 is 14.3 Å². The van der Waals surface area contributed by atoms with Crippen molar-refractivity contribution in [3.05, 3.63) is 16.1 Å². The lowest BCUT2D eigenvalue weighted by molar-refractivity contribution is 0.0498. The lowest BCUT2D eigenvalue weighted by Gasteiger charge is -2.27. The molecule has 1 aromatic rings. The van der Waals surface area contributed by atoms with Crippen LogP contribution in [0.1, 0.15) is 36.4 Å². The Kier molecular flexibility index (Phi) is 5.85. The highest BCUT2D eigenvalue weighted by Crippen LogP contribution is 2.17. The van der Waals surface area contributed by atoms with Crippen LogP contribution in [0, 0.1) is 6.92 Å². The molecule has 0 unspecified atom stereocenters. The molecule has 0 radical (unpaired) electrons. The molecule has 0 aliphatic carbocycles. The van der Waals surface area contributed by atoms with Gasteiger partial charge in [0.2, 0.25) is 0 Å². The van der Waals surface area contributed by atoms with Crippen LogP contribution in [0.2, 0.25) is 0 Å². The van der Waals surface area contributed by atoms with Crippen LogP contribution in [0.5, 0.6) is 0 Å². The second-order valence-electron chi connectivity index (χ2n) is 6.19. The number of hydrogen-bond acceptors (Lipinski definition) is 5. The fraction of sp³-hybridized carbons (Fsp3) is 0.750. The van der Waals surface area contributed by atoms with Crippen molar-refractivity contribution >= 4 is 17.4 Å². The van der Waals surface area contributed by atoms with Crippen LogP contribution >= 0.6 is 11.3 Å². The van der Waals surface area contributed by atoms with Gasteiger partial charge in [0.25, 0.3) is 0 Å². The first kappa shape index (κ1) is 16.7. The number of nitrogens with zero attached hydrogens (tertiary/aromatic N) is 2. The monoisotopic (exact) mass is 339 g/mol. The van der Waals surface area contributed by atoms with Gasteiger partial charge in [-0.3, -0.25) is 0 Å². The fourth-order valence-electron chi connectivity index (χ4n) is 3.08. The highest BCUT2D eigenvalue weighted by atomic mass is 32.1. The molecule has 2 atom stereocenters. The van der Waals surface area contributed by atoms with E-state index in [9.17, 15) is 4.79 Å². The van der Waals surface area contributed by atoms with Crippen LogP contribution in [0.4, 0.5) is 4.79 Å². The van der Waals surface area contributed by atoms with E-state index in [0.29, 0.717) is 19.6 Å². The molecule has 3 heterocycles. The fourth-order valence-corrected chi connectivity index (χ4v) is 3.69. The first-order chi connectivity index (χ1) is 11.2. The summed E-state index contributed by atoms with van der Waals surface area (Å²) in [7, 11) is 0. The number of carbonyl (C=O) groups is 1. The van der Waals surface area contributed by atoms with Crippen LogP contribution in [0.3, 0.4) is 0 Å². The van der Waals surface area contributed by atoms with E-state index in [1.165, 1.54) is 0 Å². The number of aryl methyl sites for hydroxylation is 1. The molecule has 0 spiro atoms. The van der Waals surface area contributed by atoms with Crippen LogP contribution in [0.15, 0.2) is 5.38 Å². The largest absolute Gasteiger partial charge is 0.376 e. The summed E-state index contributed by atoms with van der Waals surface area (Å²) in [6.07, 6.45) is 4.53. The number of hydrogen-bond donors (Lipinski definition) is 1. The second-order valence-corrected chi connectivity index (χ2v) is 7.25. The summed E-state index contributed by atoms with van der Waals surface area (Å²) >= 11 is 1.60. The molecule has 2 saturated heterocycles. The maximum atomic E-state index is 12.6. The number of ether oxygens (including phenoxy) is 2. The van der Waals surface area contributed by atoms with Gasteiger partial charge in [-0.2, -0.15) is 0 Å². The van der Waals surface area contributed by atoms with Gasteiger partial charge in [0, 0.05) is 31.7 Å². The first-order valence-corrected chi connectivity index (χ1v) is 9.25. The minimum Gasteiger partial charge on any atom is -0.376 e. The van der Waals surface area contributed by atoms with Gasteiger partial charge in [-0.1, -0.05) is 0 Å². The molecule has 2 aliphatic rings. The van der Waals surface area contributed by atoms with E-state index in [0.717, 1.165) is 49.6 Å². The summed E-state index contributed by atoms with van der Waals surface area (Å²) in [6.45, 7) is 5.33. The number of carbonyl (C=O) groups excluding carboxylic acids is 1. The molecule has 1 aromatic heterocycles. The molecule has 0 saturated carbocycles. The maximum absolute atomic E-state index is 12.6. The topological polar surface area (TPSA) is 63.7 Å². The van der Waals surface area contributed by atoms with E-state index in [4.69, 9.17) is 9.47 Å². The Morgan fingerprint density at radius 3 is 2.43 bits per heavy atom. The minimum atomic E-state index is -0.0540. The van der Waals surface area contributed by atoms with Gasteiger partial charge in [0.15, 0.2) is 0 Å². The minimum absolute atomic E-state index is 0.0540. The third-order valence-corrected chi connectivity index (χ3v) is 5.09. The second kappa shape index (κ2) is 8.08. The standard InChI is InChI=1S/C16H25N3O3S/c1-12-18-13(11-23-12)8-17-16(20)19(9-14-4-2-6-21-14)10-15-5-3-7-22-15/h11,14-15H,2-10H2,1H3,(H,17,20)/t14-,15-/m0/s1. The van der Waals surface area contributed by atoms with E-state index >= 15 is 0 Å². The summed E-state index contributed by atoms with van der Waals surface area (Å²) in [5.74, 6) is 0. The number of amides is 2.